The van der Waals surface area contributed by atoms with Crippen LogP contribution in [0.3, 0.4) is 0 Å². The van der Waals surface area contributed by atoms with Crippen molar-refractivity contribution in [1.82, 2.24) is 9.97 Å². The van der Waals surface area contributed by atoms with Crippen LogP contribution in [-0.2, 0) is 0 Å². The standard InChI is InChI=1S/C13H14ClN3O/c1-7-8(2)16-13(17-12(7)15)11-9(14)5-4-6-10(11)18-3/h4-6H,1-3H3,(H2,15,16,17). The highest BCUT2D eigenvalue weighted by Crippen LogP contribution is 2.35. The van der Waals surface area contributed by atoms with Gasteiger partial charge in [0.15, 0.2) is 5.82 Å². The number of nitrogens with two attached hydrogens (primary N) is 1. The van der Waals surface area contributed by atoms with E-state index in [9.17, 15) is 0 Å². The van der Waals surface area contributed by atoms with Crippen LogP contribution in [-0.4, -0.2) is 17.1 Å². The molecule has 0 amide bonds. The smallest absolute Gasteiger partial charge is 0.167 e. The van der Waals surface area contributed by atoms with Crippen molar-refractivity contribution in [3.05, 3.63) is 34.5 Å². The maximum Gasteiger partial charge on any atom is 0.167 e. The quantitative estimate of drug-likeness (QED) is 0.905. The van der Waals surface area contributed by atoms with Crippen molar-refractivity contribution in [2.45, 2.75) is 13.8 Å². The molecule has 2 N–H and O–H groups in total. The number of nitrogen functional groups attached to an aromatic ring is 1. The predicted molar refractivity (Wildman–Crippen MR) is 72.9 cm³/mol. The Morgan fingerprint density at radius 3 is 2.56 bits per heavy atom. The first-order valence-corrected chi connectivity index (χ1v) is 5.86. The lowest BCUT2D eigenvalue weighted by Gasteiger charge is -2.11. The average molecular weight is 264 g/mol. The molecular formula is C13H14ClN3O. The normalized spacial score (nSPS) is 10.4. The number of aryl methyl sites for hydroxylation is 1. The third-order valence-corrected chi connectivity index (χ3v) is 3.16. The first-order valence-electron chi connectivity index (χ1n) is 5.48. The van der Waals surface area contributed by atoms with Crippen LogP contribution in [0.1, 0.15) is 11.3 Å². The van der Waals surface area contributed by atoms with Crippen molar-refractivity contribution in [3.63, 3.8) is 0 Å². The van der Waals surface area contributed by atoms with Crippen molar-refractivity contribution in [2.75, 3.05) is 12.8 Å². The SMILES string of the molecule is COc1cccc(Cl)c1-c1nc(C)c(C)c(N)n1. The van der Waals surface area contributed by atoms with Gasteiger partial charge in [0.2, 0.25) is 0 Å². The Labute approximate surface area is 111 Å². The molecule has 2 rings (SSSR count). The number of halogens is 1. The number of hydrogen-bond donors (Lipinski definition) is 1. The largest absolute Gasteiger partial charge is 0.496 e. The van der Waals surface area contributed by atoms with Crippen molar-refractivity contribution >= 4 is 17.4 Å². The Balaban J connectivity index is 2.69. The Hall–Kier alpha value is -1.81. The van der Waals surface area contributed by atoms with Crippen LogP contribution in [0.5, 0.6) is 5.75 Å². The molecule has 0 spiro atoms. The Kier molecular flexibility index (Phi) is 3.39. The van der Waals surface area contributed by atoms with Crippen molar-refractivity contribution in [1.29, 1.82) is 0 Å². The Morgan fingerprint density at radius 2 is 1.94 bits per heavy atom. The molecule has 2 aromatic rings. The number of nitrogens with zero attached hydrogens (tertiary/aromatic N) is 2. The van der Waals surface area contributed by atoms with E-state index in [1.165, 1.54) is 0 Å². The first-order chi connectivity index (χ1) is 8.54. The zero-order chi connectivity index (χ0) is 13.3. The van der Waals surface area contributed by atoms with Crippen LogP contribution in [0.2, 0.25) is 5.02 Å². The molecule has 0 radical (unpaired) electrons. The van der Waals surface area contributed by atoms with E-state index in [1.54, 1.807) is 13.2 Å². The second kappa shape index (κ2) is 4.82. The summed E-state index contributed by atoms with van der Waals surface area (Å²) in [5, 5.41) is 0.539. The Morgan fingerprint density at radius 1 is 1.22 bits per heavy atom. The summed E-state index contributed by atoms with van der Waals surface area (Å²) in [4.78, 5) is 8.69. The second-order valence-corrected chi connectivity index (χ2v) is 4.37. The second-order valence-electron chi connectivity index (χ2n) is 3.96. The fourth-order valence-corrected chi connectivity index (χ4v) is 1.90. The van der Waals surface area contributed by atoms with Gasteiger partial charge in [-0.2, -0.15) is 0 Å². The fraction of sp³-hybridized carbons (Fsp3) is 0.231. The summed E-state index contributed by atoms with van der Waals surface area (Å²) in [6.07, 6.45) is 0. The molecule has 4 nitrogen and oxygen atoms in total. The van der Waals surface area contributed by atoms with Crippen LogP contribution in [0.15, 0.2) is 18.2 Å². The molecule has 0 saturated carbocycles. The number of ether oxygens (including phenoxy) is 1. The molecule has 1 aromatic carbocycles. The van der Waals surface area contributed by atoms with Gasteiger partial charge in [-0.1, -0.05) is 17.7 Å². The van der Waals surface area contributed by atoms with Gasteiger partial charge in [-0.25, -0.2) is 9.97 Å². The maximum atomic E-state index is 6.19. The molecular weight excluding hydrogens is 250 g/mol. The lowest BCUT2D eigenvalue weighted by molar-refractivity contribution is 0.416. The van der Waals surface area contributed by atoms with Gasteiger partial charge in [0.05, 0.1) is 17.7 Å². The summed E-state index contributed by atoms with van der Waals surface area (Å²) in [6, 6.07) is 5.40. The number of rotatable bonds is 2. The van der Waals surface area contributed by atoms with Gasteiger partial charge in [0.25, 0.3) is 0 Å². The summed E-state index contributed by atoms with van der Waals surface area (Å²) in [5.74, 6) is 1.57. The van der Waals surface area contributed by atoms with Crippen molar-refractivity contribution in [3.8, 4) is 17.1 Å². The zero-order valence-corrected chi connectivity index (χ0v) is 11.2. The van der Waals surface area contributed by atoms with Crippen LogP contribution < -0.4 is 10.5 Å². The van der Waals surface area contributed by atoms with Gasteiger partial charge in [0.1, 0.15) is 11.6 Å². The first kappa shape index (κ1) is 12.6. The zero-order valence-electron chi connectivity index (χ0n) is 10.5. The maximum absolute atomic E-state index is 6.19. The highest BCUT2D eigenvalue weighted by molar-refractivity contribution is 6.33. The predicted octanol–water partition coefficient (Wildman–Crippen LogP) is 3.00. The number of benzene rings is 1. The van der Waals surface area contributed by atoms with Gasteiger partial charge in [0, 0.05) is 11.3 Å². The topological polar surface area (TPSA) is 61.0 Å². The molecule has 0 atom stereocenters. The summed E-state index contributed by atoms with van der Waals surface area (Å²) in [7, 11) is 1.58. The van der Waals surface area contributed by atoms with Gasteiger partial charge in [-0.05, 0) is 26.0 Å². The highest BCUT2D eigenvalue weighted by atomic mass is 35.5. The minimum absolute atomic E-state index is 0.458. The van der Waals surface area contributed by atoms with Crippen molar-refractivity contribution in [2.24, 2.45) is 0 Å². The molecule has 0 aliphatic carbocycles. The highest BCUT2D eigenvalue weighted by Gasteiger charge is 2.15. The van der Waals surface area contributed by atoms with E-state index in [-0.39, 0.29) is 0 Å². The van der Waals surface area contributed by atoms with E-state index in [2.05, 4.69) is 9.97 Å². The monoisotopic (exact) mass is 263 g/mol. The molecule has 0 bridgehead atoms. The van der Waals surface area contributed by atoms with Crippen molar-refractivity contribution < 1.29 is 4.74 Å². The Bertz CT molecular complexity index is 576. The minimum atomic E-state index is 0.458. The number of methoxy groups -OCH3 is 1. The van der Waals surface area contributed by atoms with E-state index < -0.39 is 0 Å². The molecule has 0 fully saturated rings. The summed E-state index contributed by atoms with van der Waals surface area (Å²) < 4.78 is 5.29. The van der Waals surface area contributed by atoms with Crippen LogP contribution in [0.25, 0.3) is 11.4 Å². The molecule has 0 aliphatic rings. The molecule has 0 saturated heterocycles. The number of hydrogen-bond acceptors (Lipinski definition) is 4. The fourth-order valence-electron chi connectivity index (χ4n) is 1.65. The number of anilines is 1. The molecule has 18 heavy (non-hydrogen) atoms. The van der Waals surface area contributed by atoms with E-state index in [0.29, 0.717) is 28.0 Å². The van der Waals surface area contributed by atoms with Gasteiger partial charge < -0.3 is 10.5 Å². The third-order valence-electron chi connectivity index (χ3n) is 2.85. The van der Waals surface area contributed by atoms with Crippen LogP contribution in [0, 0.1) is 13.8 Å². The third kappa shape index (κ3) is 2.11. The average Bonchev–Trinajstić information content (AvgIpc) is 2.35. The van der Waals surface area contributed by atoms with E-state index >= 15 is 0 Å². The minimum Gasteiger partial charge on any atom is -0.496 e. The lowest BCUT2D eigenvalue weighted by atomic mass is 10.1. The van der Waals surface area contributed by atoms with Gasteiger partial charge in [-0.3, -0.25) is 0 Å². The van der Waals surface area contributed by atoms with Crippen LogP contribution in [0.4, 0.5) is 5.82 Å². The van der Waals surface area contributed by atoms with E-state index in [4.69, 9.17) is 22.1 Å². The van der Waals surface area contributed by atoms with Gasteiger partial charge in [-0.15, -0.1) is 0 Å². The van der Waals surface area contributed by atoms with Gasteiger partial charge >= 0.3 is 0 Å². The summed E-state index contributed by atoms with van der Waals surface area (Å²) in [5.41, 5.74) is 8.24. The summed E-state index contributed by atoms with van der Waals surface area (Å²) >= 11 is 6.19. The molecule has 0 unspecified atom stereocenters. The van der Waals surface area contributed by atoms with E-state index in [0.717, 1.165) is 11.3 Å². The molecule has 0 aliphatic heterocycles. The molecule has 94 valence electrons. The molecule has 5 heteroatoms. The molecule has 1 heterocycles. The van der Waals surface area contributed by atoms with E-state index in [1.807, 2.05) is 26.0 Å². The summed E-state index contributed by atoms with van der Waals surface area (Å²) in [6.45, 7) is 3.78. The lowest BCUT2D eigenvalue weighted by Crippen LogP contribution is -2.03. The number of aromatic nitrogens is 2. The van der Waals surface area contributed by atoms with Crippen LogP contribution >= 0.6 is 11.6 Å². The molecule has 1 aromatic heterocycles.